The summed E-state index contributed by atoms with van der Waals surface area (Å²) in [5.41, 5.74) is -0.498. The number of ether oxygens (including phenoxy) is 1. The number of hydrogen-bond acceptors (Lipinski definition) is 6. The number of benzene rings is 1. The molecule has 1 aromatic heterocycles. The molecule has 154 valence electrons. The molecular weight excluding hydrogens is 380 g/mol. The maximum atomic E-state index is 13.9. The summed E-state index contributed by atoms with van der Waals surface area (Å²) in [7, 11) is 0. The van der Waals surface area contributed by atoms with Gasteiger partial charge in [0.25, 0.3) is 5.91 Å². The van der Waals surface area contributed by atoms with Crippen LogP contribution in [0.1, 0.15) is 23.2 Å². The predicted molar refractivity (Wildman–Crippen MR) is 104 cm³/mol. The lowest BCUT2D eigenvalue weighted by molar-refractivity contribution is 0.0736. The van der Waals surface area contributed by atoms with Gasteiger partial charge < -0.3 is 19.9 Å². The Morgan fingerprint density at radius 2 is 1.86 bits per heavy atom. The number of nitrogens with zero attached hydrogens (tertiary/aromatic N) is 4. The van der Waals surface area contributed by atoms with Crippen molar-refractivity contribution in [2.45, 2.75) is 18.9 Å². The summed E-state index contributed by atoms with van der Waals surface area (Å²) in [6.45, 7) is 3.26. The fourth-order valence-electron chi connectivity index (χ4n) is 3.61. The van der Waals surface area contributed by atoms with Crippen molar-refractivity contribution in [1.29, 1.82) is 0 Å². The van der Waals surface area contributed by atoms with Crippen molar-refractivity contribution >= 4 is 17.5 Å². The van der Waals surface area contributed by atoms with Crippen LogP contribution in [0.2, 0.25) is 0 Å². The van der Waals surface area contributed by atoms with Gasteiger partial charge in [-0.25, -0.2) is 8.78 Å². The Morgan fingerprint density at radius 3 is 2.48 bits per heavy atom. The first-order valence-corrected chi connectivity index (χ1v) is 9.79. The van der Waals surface area contributed by atoms with Crippen LogP contribution in [0.25, 0.3) is 0 Å². The van der Waals surface area contributed by atoms with E-state index < -0.39 is 23.1 Å². The molecule has 1 aromatic carbocycles. The zero-order chi connectivity index (χ0) is 20.2. The van der Waals surface area contributed by atoms with Gasteiger partial charge in [-0.1, -0.05) is 6.07 Å². The third kappa shape index (κ3) is 4.45. The van der Waals surface area contributed by atoms with Crippen LogP contribution in [0.4, 0.5) is 20.4 Å². The largest absolute Gasteiger partial charge is 0.376 e. The molecule has 9 heteroatoms. The third-order valence-electron chi connectivity index (χ3n) is 5.25. The van der Waals surface area contributed by atoms with Gasteiger partial charge in [0.1, 0.15) is 23.0 Å². The fraction of sp³-hybridized carbons (Fsp3) is 0.450. The molecule has 0 spiro atoms. The molecule has 2 fully saturated rings. The summed E-state index contributed by atoms with van der Waals surface area (Å²) in [4.78, 5) is 16.0. The molecule has 29 heavy (non-hydrogen) atoms. The number of carbonyl (C=O) groups is 1. The van der Waals surface area contributed by atoms with Crippen LogP contribution in [0.3, 0.4) is 0 Å². The zero-order valence-electron chi connectivity index (χ0n) is 16.0. The Labute approximate surface area is 167 Å². The van der Waals surface area contributed by atoms with E-state index in [0.29, 0.717) is 44.4 Å². The molecule has 2 aliphatic rings. The first-order chi connectivity index (χ1) is 14.1. The number of hydrogen-bond donors (Lipinski definition) is 1. The van der Waals surface area contributed by atoms with Gasteiger partial charge in [-0.05, 0) is 37.1 Å². The molecule has 0 bridgehead atoms. The highest BCUT2D eigenvalue weighted by Gasteiger charge is 2.27. The number of anilines is 2. The maximum absolute atomic E-state index is 13.9. The number of amides is 1. The van der Waals surface area contributed by atoms with E-state index in [4.69, 9.17) is 4.74 Å². The topological polar surface area (TPSA) is 70.6 Å². The Bertz CT molecular complexity index is 830. The average Bonchev–Trinajstić information content (AvgIpc) is 3.26. The summed E-state index contributed by atoms with van der Waals surface area (Å²) in [6.07, 6.45) is 2.37. The van der Waals surface area contributed by atoms with E-state index in [2.05, 4.69) is 15.5 Å². The third-order valence-corrected chi connectivity index (χ3v) is 5.25. The summed E-state index contributed by atoms with van der Waals surface area (Å²) >= 11 is 0. The summed E-state index contributed by atoms with van der Waals surface area (Å²) < 4.78 is 33.3. The second-order valence-corrected chi connectivity index (χ2v) is 7.17. The van der Waals surface area contributed by atoms with Crippen molar-refractivity contribution in [3.63, 3.8) is 0 Å². The average molecular weight is 403 g/mol. The Balaban J connectivity index is 1.31. The molecule has 1 N–H and O–H groups in total. The van der Waals surface area contributed by atoms with Crippen LogP contribution in [-0.2, 0) is 4.74 Å². The molecular formula is C20H23F2N5O2. The number of aromatic nitrogens is 2. The minimum Gasteiger partial charge on any atom is -0.376 e. The van der Waals surface area contributed by atoms with Crippen molar-refractivity contribution in [3.8, 4) is 0 Å². The van der Waals surface area contributed by atoms with Crippen LogP contribution >= 0.6 is 0 Å². The van der Waals surface area contributed by atoms with Crippen molar-refractivity contribution in [1.82, 2.24) is 15.1 Å². The molecule has 0 saturated carbocycles. The van der Waals surface area contributed by atoms with Gasteiger partial charge in [-0.2, -0.15) is 0 Å². The zero-order valence-corrected chi connectivity index (χ0v) is 16.0. The van der Waals surface area contributed by atoms with E-state index in [1.807, 2.05) is 17.0 Å². The summed E-state index contributed by atoms with van der Waals surface area (Å²) in [5.74, 6) is -0.909. The highest BCUT2D eigenvalue weighted by atomic mass is 19.1. The Kier molecular flexibility index (Phi) is 5.84. The maximum Gasteiger partial charge on any atom is 0.259 e. The SMILES string of the molecule is O=C(c1c(F)cccc1F)N1CCN(c2ccc(NCC3CCCO3)nn2)CC1. The standard InChI is InChI=1S/C20H23F2N5O2/c21-15-4-1-5-16(22)19(15)20(28)27-10-8-26(9-11-27)18-7-6-17(24-25-18)23-13-14-3-2-12-29-14/h1,4-7,14H,2-3,8-13H2,(H,23,24). The molecule has 1 unspecified atom stereocenters. The molecule has 2 aliphatic heterocycles. The Hall–Kier alpha value is -2.81. The van der Waals surface area contributed by atoms with E-state index in [0.717, 1.165) is 31.6 Å². The van der Waals surface area contributed by atoms with Gasteiger partial charge in [0.05, 0.1) is 6.10 Å². The lowest BCUT2D eigenvalue weighted by Gasteiger charge is -2.35. The second kappa shape index (κ2) is 8.69. The van der Waals surface area contributed by atoms with Crippen molar-refractivity contribution in [2.75, 3.05) is 49.5 Å². The quantitative estimate of drug-likeness (QED) is 0.826. The number of carbonyl (C=O) groups excluding carboxylic acids is 1. The normalized spacial score (nSPS) is 19.4. The van der Waals surface area contributed by atoms with E-state index in [9.17, 15) is 13.6 Å². The molecule has 7 nitrogen and oxygen atoms in total. The summed E-state index contributed by atoms with van der Waals surface area (Å²) in [5, 5.41) is 11.7. The second-order valence-electron chi connectivity index (χ2n) is 7.17. The number of nitrogens with one attached hydrogen (secondary N) is 1. The minimum atomic E-state index is -0.839. The van der Waals surface area contributed by atoms with Gasteiger partial charge in [0, 0.05) is 39.3 Å². The van der Waals surface area contributed by atoms with Crippen molar-refractivity contribution in [2.24, 2.45) is 0 Å². The highest BCUT2D eigenvalue weighted by molar-refractivity contribution is 5.95. The number of halogens is 2. The highest BCUT2D eigenvalue weighted by Crippen LogP contribution is 2.19. The lowest BCUT2D eigenvalue weighted by Crippen LogP contribution is -2.49. The van der Waals surface area contributed by atoms with Crippen LogP contribution in [0.5, 0.6) is 0 Å². The fourth-order valence-corrected chi connectivity index (χ4v) is 3.61. The lowest BCUT2D eigenvalue weighted by atomic mass is 10.1. The van der Waals surface area contributed by atoms with Gasteiger partial charge in [-0.3, -0.25) is 4.79 Å². The smallest absolute Gasteiger partial charge is 0.259 e. The van der Waals surface area contributed by atoms with Gasteiger partial charge >= 0.3 is 0 Å². The molecule has 2 saturated heterocycles. The van der Waals surface area contributed by atoms with Gasteiger partial charge in [0.15, 0.2) is 5.82 Å². The van der Waals surface area contributed by atoms with E-state index >= 15 is 0 Å². The van der Waals surface area contributed by atoms with Crippen molar-refractivity contribution in [3.05, 3.63) is 47.5 Å². The Morgan fingerprint density at radius 1 is 1.10 bits per heavy atom. The van der Waals surface area contributed by atoms with E-state index in [1.54, 1.807) is 0 Å². The molecule has 1 atom stereocenters. The van der Waals surface area contributed by atoms with Gasteiger partial charge in [-0.15, -0.1) is 10.2 Å². The van der Waals surface area contributed by atoms with Crippen LogP contribution in [0, 0.1) is 11.6 Å². The van der Waals surface area contributed by atoms with Crippen LogP contribution in [-0.4, -0.2) is 66.4 Å². The number of rotatable bonds is 5. The van der Waals surface area contributed by atoms with Crippen LogP contribution in [0.15, 0.2) is 30.3 Å². The van der Waals surface area contributed by atoms with E-state index in [1.165, 1.54) is 11.0 Å². The van der Waals surface area contributed by atoms with Crippen molar-refractivity contribution < 1.29 is 18.3 Å². The minimum absolute atomic E-state index is 0.223. The monoisotopic (exact) mass is 403 g/mol. The first kappa shape index (κ1) is 19.5. The first-order valence-electron chi connectivity index (χ1n) is 9.79. The van der Waals surface area contributed by atoms with E-state index in [-0.39, 0.29) is 6.10 Å². The molecule has 3 heterocycles. The molecule has 0 aliphatic carbocycles. The van der Waals surface area contributed by atoms with Crippen LogP contribution < -0.4 is 10.2 Å². The molecule has 2 aromatic rings. The number of piperazine rings is 1. The van der Waals surface area contributed by atoms with Gasteiger partial charge in [0.2, 0.25) is 0 Å². The predicted octanol–water partition coefficient (Wildman–Crippen LogP) is 2.31. The molecule has 1 amide bonds. The molecule has 4 rings (SSSR count). The summed E-state index contributed by atoms with van der Waals surface area (Å²) in [6, 6.07) is 7.17. The molecule has 0 radical (unpaired) electrons.